The average molecular weight is 490 g/mol. The van der Waals surface area contributed by atoms with Gasteiger partial charge in [-0.3, -0.25) is 4.79 Å². The Bertz CT molecular complexity index is 1230. The maximum Gasteiger partial charge on any atom is 0.511 e. The molecule has 0 saturated heterocycles. The van der Waals surface area contributed by atoms with Gasteiger partial charge < -0.3 is 19.5 Å². The summed E-state index contributed by atoms with van der Waals surface area (Å²) >= 11 is 12.0. The van der Waals surface area contributed by atoms with Gasteiger partial charge >= 0.3 is 6.16 Å². The first-order valence-corrected chi connectivity index (χ1v) is 10.8. The molecule has 170 valence electrons. The van der Waals surface area contributed by atoms with E-state index in [1.54, 1.807) is 48.5 Å². The van der Waals surface area contributed by atoms with Gasteiger partial charge in [0.1, 0.15) is 23.9 Å². The molecule has 3 aromatic carbocycles. The number of carboxylic acid groups (broad SMARTS) is 1. The average Bonchev–Trinajstić information content (AvgIpc) is 2.76. The summed E-state index contributed by atoms with van der Waals surface area (Å²) in [6.07, 6.45) is -0.866. The lowest BCUT2D eigenvalue weighted by Gasteiger charge is -2.31. The van der Waals surface area contributed by atoms with Crippen LogP contribution in [0, 0.1) is 5.82 Å². The summed E-state index contributed by atoms with van der Waals surface area (Å²) < 4.78 is 24.9. The van der Waals surface area contributed by atoms with E-state index < -0.39 is 12.0 Å². The highest BCUT2D eigenvalue weighted by Crippen LogP contribution is 2.37. The van der Waals surface area contributed by atoms with Crippen LogP contribution in [-0.2, 0) is 24.4 Å². The van der Waals surface area contributed by atoms with E-state index in [1.807, 2.05) is 0 Å². The number of halogens is 3. The molecule has 1 amide bonds. The number of anilines is 1. The van der Waals surface area contributed by atoms with Crippen molar-refractivity contribution >= 4 is 41.0 Å². The minimum atomic E-state index is -1.42. The molecule has 1 aliphatic heterocycles. The van der Waals surface area contributed by atoms with E-state index in [4.69, 9.17) is 37.8 Å². The standard InChI is InChI=1S/C24H18Cl2FNO5/c25-16-6-8-21(32-13-14-4-5-17(26)11-19(14)27)15(10-16)12-28-20-2-1-3-22(33-24(30)31)18(20)7-9-23(28)29/h1-6,8,10-11H,7,9,12-13H2,(H,30,31). The van der Waals surface area contributed by atoms with Crippen molar-refractivity contribution in [2.45, 2.75) is 26.0 Å². The zero-order valence-corrected chi connectivity index (χ0v) is 18.7. The van der Waals surface area contributed by atoms with Crippen molar-refractivity contribution in [3.8, 4) is 11.5 Å². The first-order chi connectivity index (χ1) is 15.8. The predicted octanol–water partition coefficient (Wildman–Crippen LogP) is 6.25. The number of benzene rings is 3. The maximum atomic E-state index is 14.1. The van der Waals surface area contributed by atoms with Crippen LogP contribution in [0.2, 0.25) is 10.0 Å². The van der Waals surface area contributed by atoms with Crippen LogP contribution in [0.3, 0.4) is 0 Å². The molecule has 0 spiro atoms. The minimum absolute atomic E-state index is 0.0429. The van der Waals surface area contributed by atoms with Crippen LogP contribution in [0.15, 0.2) is 54.6 Å². The van der Waals surface area contributed by atoms with Gasteiger partial charge in [0.15, 0.2) is 0 Å². The van der Waals surface area contributed by atoms with Gasteiger partial charge in [0.05, 0.1) is 12.2 Å². The fourth-order valence-corrected chi connectivity index (χ4v) is 4.05. The van der Waals surface area contributed by atoms with E-state index in [0.717, 1.165) is 0 Å². The number of hydrogen-bond acceptors (Lipinski definition) is 4. The van der Waals surface area contributed by atoms with Crippen LogP contribution in [-0.4, -0.2) is 17.2 Å². The zero-order chi connectivity index (χ0) is 23.5. The lowest BCUT2D eigenvalue weighted by atomic mass is 9.99. The summed E-state index contributed by atoms with van der Waals surface area (Å²) in [5, 5.41) is 9.74. The molecule has 1 aliphatic rings. The van der Waals surface area contributed by atoms with Crippen LogP contribution in [0.4, 0.5) is 14.9 Å². The fraction of sp³-hybridized carbons (Fsp3) is 0.167. The molecule has 0 fully saturated rings. The van der Waals surface area contributed by atoms with E-state index in [0.29, 0.717) is 39.6 Å². The van der Waals surface area contributed by atoms with E-state index in [1.165, 1.54) is 11.0 Å². The van der Waals surface area contributed by atoms with Gasteiger partial charge in [0, 0.05) is 33.2 Å². The van der Waals surface area contributed by atoms with E-state index in [-0.39, 0.29) is 36.3 Å². The molecule has 0 atom stereocenters. The van der Waals surface area contributed by atoms with E-state index in [9.17, 15) is 14.0 Å². The molecular weight excluding hydrogens is 472 g/mol. The van der Waals surface area contributed by atoms with Gasteiger partial charge in [0.25, 0.3) is 0 Å². The summed E-state index contributed by atoms with van der Waals surface area (Å²) in [7, 11) is 0. The highest BCUT2D eigenvalue weighted by Gasteiger charge is 2.28. The third kappa shape index (κ3) is 5.21. The Hall–Kier alpha value is -3.29. The van der Waals surface area contributed by atoms with Crippen LogP contribution in [0.25, 0.3) is 0 Å². The maximum absolute atomic E-state index is 14.1. The normalized spacial score (nSPS) is 12.9. The quantitative estimate of drug-likeness (QED) is 0.327. The first kappa shape index (κ1) is 22.9. The summed E-state index contributed by atoms with van der Waals surface area (Å²) in [5.74, 6) is 0.0126. The van der Waals surface area contributed by atoms with Crippen molar-refractivity contribution in [1.29, 1.82) is 0 Å². The molecule has 4 rings (SSSR count). The molecule has 0 aliphatic carbocycles. The van der Waals surface area contributed by atoms with Gasteiger partial charge in [-0.1, -0.05) is 35.3 Å². The molecule has 33 heavy (non-hydrogen) atoms. The highest BCUT2D eigenvalue weighted by molar-refractivity contribution is 6.30. The van der Waals surface area contributed by atoms with Crippen LogP contribution in [0.5, 0.6) is 11.5 Å². The molecule has 6 nitrogen and oxygen atoms in total. The molecule has 1 heterocycles. The summed E-state index contributed by atoms with van der Waals surface area (Å²) in [4.78, 5) is 25.4. The summed E-state index contributed by atoms with van der Waals surface area (Å²) in [5.41, 5.74) is 2.13. The van der Waals surface area contributed by atoms with Gasteiger partial charge in [0.2, 0.25) is 5.91 Å². The number of carbonyl (C=O) groups is 2. The lowest BCUT2D eigenvalue weighted by molar-refractivity contribution is -0.119. The smallest absolute Gasteiger partial charge is 0.488 e. The Balaban J connectivity index is 1.62. The summed E-state index contributed by atoms with van der Waals surface area (Å²) in [6, 6.07) is 14.2. The lowest BCUT2D eigenvalue weighted by Crippen LogP contribution is -2.35. The highest BCUT2D eigenvalue weighted by atomic mass is 35.5. The molecule has 0 unspecified atom stereocenters. The number of hydrogen-bond donors (Lipinski definition) is 1. The SMILES string of the molecule is O=C(O)Oc1cccc2c1CCC(=O)N2Cc1cc(Cl)ccc1OCc1ccc(Cl)cc1F. The van der Waals surface area contributed by atoms with Crippen LogP contribution in [0.1, 0.15) is 23.1 Å². The predicted molar refractivity (Wildman–Crippen MR) is 122 cm³/mol. The van der Waals surface area contributed by atoms with Crippen LogP contribution >= 0.6 is 23.2 Å². The molecule has 0 radical (unpaired) electrons. The topological polar surface area (TPSA) is 76.1 Å². The Morgan fingerprint density at radius 1 is 1.00 bits per heavy atom. The van der Waals surface area contributed by atoms with E-state index >= 15 is 0 Å². The number of nitrogens with zero attached hydrogens (tertiary/aromatic N) is 1. The third-order valence-electron chi connectivity index (χ3n) is 5.24. The first-order valence-electron chi connectivity index (χ1n) is 10.00. The Kier molecular flexibility index (Phi) is 6.72. The minimum Gasteiger partial charge on any atom is -0.488 e. The summed E-state index contributed by atoms with van der Waals surface area (Å²) in [6.45, 7) is 0.0835. The van der Waals surface area contributed by atoms with Crippen molar-refractivity contribution in [3.05, 3.63) is 87.2 Å². The Morgan fingerprint density at radius 3 is 2.52 bits per heavy atom. The van der Waals surface area contributed by atoms with E-state index in [2.05, 4.69) is 0 Å². The second kappa shape index (κ2) is 9.68. The van der Waals surface area contributed by atoms with Gasteiger partial charge in [-0.2, -0.15) is 0 Å². The number of rotatable bonds is 6. The van der Waals surface area contributed by atoms with Gasteiger partial charge in [-0.25, -0.2) is 9.18 Å². The van der Waals surface area contributed by atoms with Gasteiger partial charge in [-0.05, 0) is 48.9 Å². The number of ether oxygens (including phenoxy) is 2. The monoisotopic (exact) mass is 489 g/mol. The molecule has 0 aromatic heterocycles. The van der Waals surface area contributed by atoms with Crippen LogP contribution < -0.4 is 14.4 Å². The molecule has 0 bridgehead atoms. The molecule has 1 N–H and O–H groups in total. The number of fused-ring (bicyclic) bond motifs is 1. The Labute approximate surface area is 199 Å². The second-order valence-corrected chi connectivity index (χ2v) is 8.25. The fourth-order valence-electron chi connectivity index (χ4n) is 3.70. The van der Waals surface area contributed by atoms with Gasteiger partial charge in [-0.15, -0.1) is 0 Å². The number of amides is 1. The molecular formula is C24H18Cl2FNO5. The molecule has 9 heteroatoms. The zero-order valence-electron chi connectivity index (χ0n) is 17.2. The number of carbonyl (C=O) groups excluding carboxylic acids is 1. The Morgan fingerprint density at radius 2 is 1.76 bits per heavy atom. The molecule has 3 aromatic rings. The van der Waals surface area contributed by atoms with Crippen molar-refractivity contribution in [2.75, 3.05) is 4.90 Å². The van der Waals surface area contributed by atoms with Crippen molar-refractivity contribution < 1.29 is 28.6 Å². The third-order valence-corrected chi connectivity index (χ3v) is 5.71. The second-order valence-electron chi connectivity index (χ2n) is 7.38. The van der Waals surface area contributed by atoms with Crippen molar-refractivity contribution in [1.82, 2.24) is 0 Å². The van der Waals surface area contributed by atoms with Crippen molar-refractivity contribution in [2.24, 2.45) is 0 Å². The molecule has 0 saturated carbocycles. The largest absolute Gasteiger partial charge is 0.511 e. The van der Waals surface area contributed by atoms with Crippen molar-refractivity contribution in [3.63, 3.8) is 0 Å².